The number of nitrogens with one attached hydrogen (secondary N) is 1. The van der Waals surface area contributed by atoms with Crippen LogP contribution in [0.2, 0.25) is 0 Å². The summed E-state index contributed by atoms with van der Waals surface area (Å²) >= 11 is 0. The molecular weight excluding hydrogens is 340 g/mol. The molecule has 1 aliphatic carbocycles. The highest BCUT2D eigenvalue weighted by atomic mass is 16.3. The highest BCUT2D eigenvalue weighted by Gasteiger charge is 2.29. The zero-order chi connectivity index (χ0) is 18.6. The van der Waals surface area contributed by atoms with Crippen molar-refractivity contribution in [2.75, 3.05) is 42.9 Å². The van der Waals surface area contributed by atoms with Crippen LogP contribution in [-0.2, 0) is 4.79 Å². The van der Waals surface area contributed by atoms with Crippen LogP contribution in [0.1, 0.15) is 24.5 Å². The van der Waals surface area contributed by atoms with E-state index in [0.717, 1.165) is 56.1 Å². The van der Waals surface area contributed by atoms with Gasteiger partial charge in [0, 0.05) is 50.5 Å². The fourth-order valence-corrected chi connectivity index (χ4v) is 3.43. The molecule has 2 N–H and O–H groups in total. The Morgan fingerprint density at radius 3 is 2.48 bits per heavy atom. The van der Waals surface area contributed by atoms with Crippen LogP contribution in [-0.4, -0.2) is 53.6 Å². The van der Waals surface area contributed by atoms with Crippen molar-refractivity contribution >= 4 is 17.4 Å². The lowest BCUT2D eigenvalue weighted by atomic mass is 10.1. The van der Waals surface area contributed by atoms with E-state index in [1.807, 2.05) is 48.7 Å². The number of piperazine rings is 1. The predicted octanol–water partition coefficient (Wildman–Crippen LogP) is 2.29. The fraction of sp³-hybridized carbons (Fsp3) is 0.429. The molecule has 6 heteroatoms. The SMILES string of the molecule is O=C(Nc1ccc([C@@H](O)CN2CCN(c3ccccn3)CC2)cc1)C1CC1. The average Bonchev–Trinajstić information content (AvgIpc) is 3.55. The zero-order valence-electron chi connectivity index (χ0n) is 15.4. The summed E-state index contributed by atoms with van der Waals surface area (Å²) in [5, 5.41) is 13.5. The van der Waals surface area contributed by atoms with Crippen molar-refractivity contribution in [2.45, 2.75) is 18.9 Å². The zero-order valence-corrected chi connectivity index (χ0v) is 15.4. The largest absolute Gasteiger partial charge is 0.387 e. The van der Waals surface area contributed by atoms with Crippen LogP contribution in [0.4, 0.5) is 11.5 Å². The van der Waals surface area contributed by atoms with E-state index in [1.54, 1.807) is 0 Å². The number of anilines is 2. The summed E-state index contributed by atoms with van der Waals surface area (Å²) in [5.41, 5.74) is 1.68. The second-order valence-electron chi connectivity index (χ2n) is 7.38. The molecule has 1 aliphatic heterocycles. The number of hydrogen-bond donors (Lipinski definition) is 2. The van der Waals surface area contributed by atoms with Crippen LogP contribution < -0.4 is 10.2 Å². The number of aromatic nitrogens is 1. The number of benzene rings is 1. The molecule has 142 valence electrons. The average molecular weight is 366 g/mol. The first-order chi connectivity index (χ1) is 13.2. The maximum absolute atomic E-state index is 11.8. The minimum Gasteiger partial charge on any atom is -0.387 e. The van der Waals surface area contributed by atoms with E-state index < -0.39 is 6.10 Å². The van der Waals surface area contributed by atoms with Crippen LogP contribution >= 0.6 is 0 Å². The predicted molar refractivity (Wildman–Crippen MR) is 106 cm³/mol. The molecule has 2 aliphatic rings. The summed E-state index contributed by atoms with van der Waals surface area (Å²) in [6.45, 7) is 4.25. The summed E-state index contributed by atoms with van der Waals surface area (Å²) in [6.07, 6.45) is 3.29. The molecule has 0 radical (unpaired) electrons. The lowest BCUT2D eigenvalue weighted by Crippen LogP contribution is -2.47. The molecule has 1 atom stereocenters. The summed E-state index contributed by atoms with van der Waals surface area (Å²) in [7, 11) is 0. The quantitative estimate of drug-likeness (QED) is 0.821. The number of aliphatic hydroxyl groups excluding tert-OH is 1. The van der Waals surface area contributed by atoms with E-state index in [-0.39, 0.29) is 11.8 Å². The molecule has 1 saturated heterocycles. The van der Waals surface area contributed by atoms with Gasteiger partial charge >= 0.3 is 0 Å². The fourth-order valence-electron chi connectivity index (χ4n) is 3.43. The normalized spacial score (nSPS) is 18.9. The molecule has 6 nitrogen and oxygen atoms in total. The van der Waals surface area contributed by atoms with Crippen molar-refractivity contribution in [1.29, 1.82) is 0 Å². The highest BCUT2D eigenvalue weighted by molar-refractivity contribution is 5.94. The molecule has 27 heavy (non-hydrogen) atoms. The first-order valence-corrected chi connectivity index (χ1v) is 9.66. The van der Waals surface area contributed by atoms with Gasteiger partial charge in [0.2, 0.25) is 5.91 Å². The highest BCUT2D eigenvalue weighted by Crippen LogP contribution is 2.30. The first kappa shape index (κ1) is 17.9. The van der Waals surface area contributed by atoms with Crippen LogP contribution in [0.5, 0.6) is 0 Å². The van der Waals surface area contributed by atoms with Crippen molar-refractivity contribution in [2.24, 2.45) is 5.92 Å². The number of nitrogens with zero attached hydrogens (tertiary/aromatic N) is 3. The molecule has 0 bridgehead atoms. The van der Waals surface area contributed by atoms with Gasteiger partial charge in [-0.25, -0.2) is 4.98 Å². The molecule has 1 aromatic carbocycles. The molecule has 1 saturated carbocycles. The summed E-state index contributed by atoms with van der Waals surface area (Å²) < 4.78 is 0. The maximum atomic E-state index is 11.8. The molecule has 2 aromatic rings. The molecule has 0 unspecified atom stereocenters. The summed E-state index contributed by atoms with van der Waals surface area (Å²) in [4.78, 5) is 20.8. The lowest BCUT2D eigenvalue weighted by molar-refractivity contribution is -0.117. The Balaban J connectivity index is 1.26. The number of hydrogen-bond acceptors (Lipinski definition) is 5. The van der Waals surface area contributed by atoms with E-state index in [4.69, 9.17) is 0 Å². The van der Waals surface area contributed by atoms with Gasteiger partial charge in [0.15, 0.2) is 0 Å². The Labute approximate surface area is 159 Å². The smallest absolute Gasteiger partial charge is 0.227 e. The Hall–Kier alpha value is -2.44. The van der Waals surface area contributed by atoms with Crippen LogP contribution in [0.3, 0.4) is 0 Å². The topological polar surface area (TPSA) is 68.7 Å². The Bertz CT molecular complexity index is 754. The van der Waals surface area contributed by atoms with Gasteiger partial charge in [-0.2, -0.15) is 0 Å². The van der Waals surface area contributed by atoms with Gasteiger partial charge in [0.1, 0.15) is 5.82 Å². The standard InChI is InChI=1S/C21H26N4O2/c26-19(16-6-8-18(9-7-16)23-21(27)17-4-5-17)15-24-11-13-25(14-12-24)20-3-1-2-10-22-20/h1-3,6-10,17,19,26H,4-5,11-15H2,(H,23,27)/t19-/m0/s1. The summed E-state index contributed by atoms with van der Waals surface area (Å²) in [5.74, 6) is 1.32. The Morgan fingerprint density at radius 1 is 1.11 bits per heavy atom. The number of β-amino-alcohol motifs (C(OH)–C–C–N with tert-alkyl or cyclic N) is 1. The second kappa shape index (κ2) is 8.06. The number of carbonyl (C=O) groups excluding carboxylic acids is 1. The van der Waals surface area contributed by atoms with E-state index in [9.17, 15) is 9.90 Å². The Kier molecular flexibility index (Phi) is 5.36. The van der Waals surface area contributed by atoms with Gasteiger partial charge < -0.3 is 15.3 Å². The minimum atomic E-state index is -0.528. The van der Waals surface area contributed by atoms with Gasteiger partial charge in [-0.05, 0) is 42.7 Å². The summed E-state index contributed by atoms with van der Waals surface area (Å²) in [6, 6.07) is 13.5. The van der Waals surface area contributed by atoms with E-state index in [1.165, 1.54) is 0 Å². The molecular formula is C21H26N4O2. The van der Waals surface area contributed by atoms with Crippen LogP contribution in [0, 0.1) is 5.92 Å². The maximum Gasteiger partial charge on any atom is 0.227 e. The van der Waals surface area contributed by atoms with Crippen molar-refractivity contribution < 1.29 is 9.90 Å². The lowest BCUT2D eigenvalue weighted by Gasteiger charge is -2.36. The van der Waals surface area contributed by atoms with E-state index >= 15 is 0 Å². The first-order valence-electron chi connectivity index (χ1n) is 9.66. The monoisotopic (exact) mass is 366 g/mol. The molecule has 0 spiro atoms. The van der Waals surface area contributed by atoms with Gasteiger partial charge in [-0.15, -0.1) is 0 Å². The number of pyridine rings is 1. The molecule has 2 fully saturated rings. The van der Waals surface area contributed by atoms with Crippen LogP contribution in [0.25, 0.3) is 0 Å². The molecule has 2 heterocycles. The number of rotatable bonds is 6. The second-order valence-corrected chi connectivity index (χ2v) is 7.38. The Morgan fingerprint density at radius 2 is 1.85 bits per heavy atom. The van der Waals surface area contributed by atoms with Crippen molar-refractivity contribution in [3.05, 3.63) is 54.2 Å². The molecule has 1 aromatic heterocycles. The van der Waals surface area contributed by atoms with Gasteiger partial charge in [0.05, 0.1) is 6.10 Å². The van der Waals surface area contributed by atoms with Gasteiger partial charge in [-0.3, -0.25) is 9.69 Å². The van der Waals surface area contributed by atoms with Crippen LogP contribution in [0.15, 0.2) is 48.7 Å². The molecule has 4 rings (SSSR count). The van der Waals surface area contributed by atoms with Gasteiger partial charge in [0.25, 0.3) is 0 Å². The number of aliphatic hydroxyl groups is 1. The van der Waals surface area contributed by atoms with Crippen molar-refractivity contribution in [1.82, 2.24) is 9.88 Å². The van der Waals surface area contributed by atoms with Gasteiger partial charge in [-0.1, -0.05) is 18.2 Å². The molecule has 1 amide bonds. The third kappa shape index (κ3) is 4.64. The van der Waals surface area contributed by atoms with Crippen molar-refractivity contribution in [3.63, 3.8) is 0 Å². The third-order valence-electron chi connectivity index (χ3n) is 5.29. The van der Waals surface area contributed by atoms with Crippen molar-refractivity contribution in [3.8, 4) is 0 Å². The number of carbonyl (C=O) groups is 1. The third-order valence-corrected chi connectivity index (χ3v) is 5.29. The van der Waals surface area contributed by atoms with E-state index in [0.29, 0.717) is 6.54 Å². The minimum absolute atomic E-state index is 0.106. The number of amides is 1. The van der Waals surface area contributed by atoms with E-state index in [2.05, 4.69) is 20.1 Å².